The van der Waals surface area contributed by atoms with Crippen molar-refractivity contribution in [3.05, 3.63) is 52.4 Å². The quantitative estimate of drug-likeness (QED) is 0.278. The van der Waals surface area contributed by atoms with Crippen molar-refractivity contribution >= 4 is 28.5 Å². The zero-order valence-corrected chi connectivity index (χ0v) is 21.2. The van der Waals surface area contributed by atoms with Gasteiger partial charge in [0, 0.05) is 36.3 Å². The van der Waals surface area contributed by atoms with Crippen LogP contribution < -0.4 is 15.8 Å². The number of hydrogen-bond donors (Lipinski definition) is 1. The monoisotopic (exact) mass is 510 g/mol. The number of fused-ring (bicyclic) bond motifs is 1. The van der Waals surface area contributed by atoms with Gasteiger partial charge in [-0.3, -0.25) is 4.79 Å². The molecule has 1 N–H and O–H groups in total. The molecule has 1 aromatic carbocycles. The van der Waals surface area contributed by atoms with Crippen LogP contribution in [0.4, 0.5) is 18.9 Å². The van der Waals surface area contributed by atoms with Crippen molar-refractivity contribution in [2.24, 2.45) is 0 Å². The summed E-state index contributed by atoms with van der Waals surface area (Å²) in [5.74, 6) is -3.17. The van der Waals surface area contributed by atoms with Crippen LogP contribution in [0.2, 0.25) is 0 Å². The number of nitrogens with one attached hydrogen (secondary N) is 1. The van der Waals surface area contributed by atoms with Gasteiger partial charge in [0.1, 0.15) is 17.2 Å². The fourth-order valence-corrected chi connectivity index (χ4v) is 3.63. The van der Waals surface area contributed by atoms with Gasteiger partial charge in [0.25, 0.3) is 0 Å². The number of carbonyl (C=O) groups excluding carboxylic acids is 2. The first-order valence-corrected chi connectivity index (χ1v) is 11.8. The van der Waals surface area contributed by atoms with Gasteiger partial charge in [-0.25, -0.2) is 9.59 Å². The van der Waals surface area contributed by atoms with Gasteiger partial charge in [-0.1, -0.05) is 12.2 Å². The number of aryl methyl sites for hydroxylation is 1. The minimum Gasteiger partial charge on any atom is -0.458 e. The largest absolute Gasteiger partial charge is 0.471 e. The molecule has 0 radical (unpaired) electrons. The average molecular weight is 511 g/mol. The standard InChI is InChI=1S/C26H33F3N2O5/c1-6-31(7-2)18-13-14-19-17(15-22(32)35-21(19)16-18)11-9-8-10-12-20(23(33)36-25(3,4)5)30-24(34)26(27,28)29/h8,10,13-16,20H,6-7,9,11-12H2,1-5H3,(H,30,34)/b10-8+. The zero-order chi connectivity index (χ0) is 27.1. The topological polar surface area (TPSA) is 88.9 Å². The van der Waals surface area contributed by atoms with Crippen LogP contribution in [0.25, 0.3) is 11.0 Å². The molecule has 7 nitrogen and oxygen atoms in total. The number of hydrogen-bond acceptors (Lipinski definition) is 6. The van der Waals surface area contributed by atoms with Crippen molar-refractivity contribution in [2.75, 3.05) is 18.0 Å². The molecule has 0 aliphatic heterocycles. The predicted octanol–water partition coefficient (Wildman–Crippen LogP) is 4.91. The molecule has 1 unspecified atom stereocenters. The molecule has 1 aromatic heterocycles. The van der Waals surface area contributed by atoms with E-state index in [1.54, 1.807) is 32.2 Å². The molecule has 0 spiro atoms. The lowest BCUT2D eigenvalue weighted by molar-refractivity contribution is -0.177. The molecule has 2 aromatic rings. The Balaban J connectivity index is 2.12. The molecule has 0 aliphatic carbocycles. The molecular formula is C26H33F3N2O5. The van der Waals surface area contributed by atoms with Gasteiger partial charge in [-0.2, -0.15) is 13.2 Å². The highest BCUT2D eigenvalue weighted by molar-refractivity contribution is 5.87. The van der Waals surface area contributed by atoms with E-state index >= 15 is 0 Å². The number of halogens is 3. The summed E-state index contributed by atoms with van der Waals surface area (Å²) in [6.07, 6.45) is -1.19. The van der Waals surface area contributed by atoms with Crippen LogP contribution >= 0.6 is 0 Å². The minimum atomic E-state index is -5.12. The summed E-state index contributed by atoms with van der Waals surface area (Å²) in [6, 6.07) is 5.62. The van der Waals surface area contributed by atoms with Crippen LogP contribution in [-0.2, 0) is 20.7 Å². The van der Waals surface area contributed by atoms with E-state index in [0.717, 1.165) is 29.7 Å². The van der Waals surface area contributed by atoms with Gasteiger partial charge in [0.2, 0.25) is 0 Å². The summed E-state index contributed by atoms with van der Waals surface area (Å²) in [5.41, 5.74) is 0.791. The highest BCUT2D eigenvalue weighted by atomic mass is 19.4. The van der Waals surface area contributed by atoms with E-state index in [2.05, 4.69) is 4.90 Å². The van der Waals surface area contributed by atoms with E-state index < -0.39 is 35.3 Å². The van der Waals surface area contributed by atoms with Crippen molar-refractivity contribution in [3.63, 3.8) is 0 Å². The molecule has 0 fully saturated rings. The molecule has 0 bridgehead atoms. The van der Waals surface area contributed by atoms with E-state index in [4.69, 9.17) is 9.15 Å². The van der Waals surface area contributed by atoms with Crippen LogP contribution in [0, 0.1) is 0 Å². The Bertz CT molecular complexity index is 1140. The van der Waals surface area contributed by atoms with Gasteiger partial charge < -0.3 is 19.4 Å². The van der Waals surface area contributed by atoms with Crippen molar-refractivity contribution in [1.29, 1.82) is 0 Å². The Morgan fingerprint density at radius 1 is 1.11 bits per heavy atom. The highest BCUT2D eigenvalue weighted by Crippen LogP contribution is 2.25. The first-order chi connectivity index (χ1) is 16.7. The molecule has 2 rings (SSSR count). The van der Waals surface area contributed by atoms with Gasteiger partial charge in [-0.15, -0.1) is 0 Å². The molecule has 0 saturated heterocycles. The number of alkyl halides is 3. The molecule has 36 heavy (non-hydrogen) atoms. The minimum absolute atomic E-state index is 0.179. The van der Waals surface area contributed by atoms with Crippen LogP contribution in [0.1, 0.15) is 53.0 Å². The maximum absolute atomic E-state index is 12.7. The van der Waals surface area contributed by atoms with Gasteiger partial charge in [-0.05, 0) is 71.6 Å². The molecule has 198 valence electrons. The second-order valence-corrected chi connectivity index (χ2v) is 9.25. The summed E-state index contributed by atoms with van der Waals surface area (Å²) in [4.78, 5) is 37.9. The van der Waals surface area contributed by atoms with Gasteiger partial charge in [0.15, 0.2) is 0 Å². The predicted molar refractivity (Wildman–Crippen MR) is 132 cm³/mol. The van der Waals surface area contributed by atoms with E-state index in [1.165, 1.54) is 12.1 Å². The third-order valence-corrected chi connectivity index (χ3v) is 5.32. The number of anilines is 1. The fraction of sp³-hybridized carbons (Fsp3) is 0.500. The summed E-state index contributed by atoms with van der Waals surface area (Å²) < 4.78 is 48.6. The molecule has 1 amide bonds. The van der Waals surface area contributed by atoms with Gasteiger partial charge in [0.05, 0.1) is 0 Å². The lowest BCUT2D eigenvalue weighted by Gasteiger charge is -2.24. The van der Waals surface area contributed by atoms with Crippen LogP contribution in [0.5, 0.6) is 0 Å². The second-order valence-electron chi connectivity index (χ2n) is 9.25. The van der Waals surface area contributed by atoms with E-state index in [9.17, 15) is 27.6 Å². The van der Waals surface area contributed by atoms with Crippen molar-refractivity contribution in [3.8, 4) is 0 Å². The number of carbonyl (C=O) groups is 2. The average Bonchev–Trinajstić information content (AvgIpc) is 2.76. The lowest BCUT2D eigenvalue weighted by Crippen LogP contribution is -2.48. The van der Waals surface area contributed by atoms with E-state index in [0.29, 0.717) is 18.4 Å². The highest BCUT2D eigenvalue weighted by Gasteiger charge is 2.41. The molecule has 10 heteroatoms. The molecule has 1 heterocycles. The first-order valence-electron chi connectivity index (χ1n) is 11.8. The lowest BCUT2D eigenvalue weighted by atomic mass is 10.0. The third-order valence-electron chi connectivity index (χ3n) is 5.32. The van der Waals surface area contributed by atoms with Crippen LogP contribution in [0.15, 0.2) is 45.6 Å². The zero-order valence-electron chi connectivity index (χ0n) is 21.2. The fourth-order valence-electron chi connectivity index (χ4n) is 3.63. The van der Waals surface area contributed by atoms with Gasteiger partial charge >= 0.3 is 23.7 Å². The third kappa shape index (κ3) is 8.42. The first kappa shape index (κ1) is 28.9. The number of esters is 1. The maximum Gasteiger partial charge on any atom is 0.471 e. The van der Waals surface area contributed by atoms with Crippen molar-refractivity contribution in [1.82, 2.24) is 5.32 Å². The van der Waals surface area contributed by atoms with E-state index in [-0.39, 0.29) is 6.42 Å². The normalized spacial score (nSPS) is 13.1. The maximum atomic E-state index is 12.7. The van der Waals surface area contributed by atoms with Crippen LogP contribution in [-0.4, -0.2) is 42.8 Å². The summed E-state index contributed by atoms with van der Waals surface area (Å²) in [7, 11) is 0. The Morgan fingerprint density at radius 3 is 2.36 bits per heavy atom. The molecular weight excluding hydrogens is 477 g/mol. The number of rotatable bonds is 10. The number of allylic oxidation sites excluding steroid dienone is 1. The summed E-state index contributed by atoms with van der Waals surface area (Å²) >= 11 is 0. The number of benzene rings is 1. The van der Waals surface area contributed by atoms with Crippen LogP contribution in [0.3, 0.4) is 0 Å². The second kappa shape index (κ2) is 12.1. The molecule has 0 saturated carbocycles. The smallest absolute Gasteiger partial charge is 0.458 e. The molecule has 0 aliphatic rings. The van der Waals surface area contributed by atoms with E-state index in [1.807, 2.05) is 32.0 Å². The Labute approximate surface area is 208 Å². The SMILES string of the molecule is CCN(CC)c1ccc2c(CC/C=C/CC(NC(=O)C(F)(F)F)C(=O)OC(C)(C)C)cc(=O)oc2c1. The number of amides is 1. The Kier molecular flexibility index (Phi) is 9.72. The number of ether oxygens (including phenoxy) is 1. The van der Waals surface area contributed by atoms with Crippen molar-refractivity contribution in [2.45, 2.75) is 71.7 Å². The number of nitrogens with zero attached hydrogens (tertiary/aromatic N) is 1. The molecule has 1 atom stereocenters. The summed E-state index contributed by atoms with van der Waals surface area (Å²) in [6.45, 7) is 10.4. The summed E-state index contributed by atoms with van der Waals surface area (Å²) in [5, 5.41) is 2.49. The Morgan fingerprint density at radius 2 is 1.78 bits per heavy atom. The Hall–Kier alpha value is -3.30. The van der Waals surface area contributed by atoms with Crippen molar-refractivity contribution < 1.29 is 31.9 Å².